The molecule has 1 rings (SSSR count). The Bertz CT molecular complexity index is 471. The van der Waals surface area contributed by atoms with Gasteiger partial charge in [-0.1, -0.05) is 6.07 Å². The highest BCUT2D eigenvalue weighted by atomic mass is 16.6. The third kappa shape index (κ3) is 10.1. The zero-order valence-corrected chi connectivity index (χ0v) is 17.6. The van der Waals surface area contributed by atoms with Crippen LogP contribution in [0.25, 0.3) is 0 Å². The maximum Gasteiger partial charge on any atom is 0.203 e. The largest absolute Gasteiger partial charge is 0.493 e. The van der Waals surface area contributed by atoms with Crippen LogP contribution >= 0.6 is 0 Å². The Kier molecular flexibility index (Phi) is 14.3. The van der Waals surface area contributed by atoms with E-state index in [1.165, 1.54) is 0 Å². The fraction of sp³-hybridized carbons (Fsp3) is 0.700. The SMILES string of the molecule is COCCN(CCOC)CCOCCOCCOc1c(OC)cccc1OC. The molecular formula is C20H35NO7. The van der Waals surface area contributed by atoms with Crippen LogP contribution in [0.1, 0.15) is 0 Å². The first-order valence-corrected chi connectivity index (χ1v) is 9.46. The number of benzene rings is 1. The van der Waals surface area contributed by atoms with Crippen molar-refractivity contribution in [2.24, 2.45) is 0 Å². The van der Waals surface area contributed by atoms with E-state index >= 15 is 0 Å². The summed E-state index contributed by atoms with van der Waals surface area (Å²) in [5.74, 6) is 1.85. The van der Waals surface area contributed by atoms with Gasteiger partial charge in [-0.3, -0.25) is 4.90 Å². The molecule has 1 aromatic carbocycles. The van der Waals surface area contributed by atoms with Crippen LogP contribution in [0.4, 0.5) is 0 Å². The Morgan fingerprint density at radius 2 is 1.14 bits per heavy atom. The molecule has 0 saturated carbocycles. The normalized spacial score (nSPS) is 11.0. The first-order valence-electron chi connectivity index (χ1n) is 9.46. The smallest absolute Gasteiger partial charge is 0.203 e. The van der Waals surface area contributed by atoms with Gasteiger partial charge < -0.3 is 33.2 Å². The Morgan fingerprint density at radius 3 is 1.68 bits per heavy atom. The van der Waals surface area contributed by atoms with Crippen LogP contribution < -0.4 is 14.2 Å². The van der Waals surface area contributed by atoms with Crippen molar-refractivity contribution in [2.45, 2.75) is 0 Å². The average molecular weight is 402 g/mol. The van der Waals surface area contributed by atoms with Gasteiger partial charge in [-0.25, -0.2) is 0 Å². The van der Waals surface area contributed by atoms with E-state index in [-0.39, 0.29) is 0 Å². The van der Waals surface area contributed by atoms with E-state index in [1.807, 2.05) is 18.2 Å². The summed E-state index contributed by atoms with van der Waals surface area (Å²) >= 11 is 0. The number of para-hydroxylation sites is 1. The van der Waals surface area contributed by atoms with Gasteiger partial charge in [-0.05, 0) is 12.1 Å². The number of hydrogen-bond acceptors (Lipinski definition) is 8. The standard InChI is InChI=1S/C20H35NO7/c1-22-11-8-21(9-12-23-2)10-13-26-14-15-27-16-17-28-20-18(24-3)6-5-7-19(20)25-4/h5-7H,8-17H2,1-4H3. The minimum atomic E-state index is 0.401. The molecule has 1 aromatic rings. The quantitative estimate of drug-likeness (QED) is 0.345. The number of ether oxygens (including phenoxy) is 7. The third-order valence-electron chi connectivity index (χ3n) is 4.00. The molecule has 8 heteroatoms. The second-order valence-electron chi connectivity index (χ2n) is 5.89. The van der Waals surface area contributed by atoms with Crippen molar-refractivity contribution >= 4 is 0 Å². The number of nitrogens with zero attached hydrogens (tertiary/aromatic N) is 1. The van der Waals surface area contributed by atoms with Gasteiger partial charge in [-0.2, -0.15) is 0 Å². The summed E-state index contributed by atoms with van der Waals surface area (Å²) in [5, 5.41) is 0. The maximum absolute atomic E-state index is 5.74. The monoisotopic (exact) mass is 401 g/mol. The number of rotatable bonds is 18. The molecule has 162 valence electrons. The zero-order valence-electron chi connectivity index (χ0n) is 17.6. The first kappa shape index (κ1) is 24.5. The van der Waals surface area contributed by atoms with E-state index < -0.39 is 0 Å². The Hall–Kier alpha value is -1.58. The van der Waals surface area contributed by atoms with Crippen LogP contribution in [0.3, 0.4) is 0 Å². The van der Waals surface area contributed by atoms with E-state index in [9.17, 15) is 0 Å². The summed E-state index contributed by atoms with van der Waals surface area (Å²) in [6, 6.07) is 5.51. The Morgan fingerprint density at radius 1 is 0.643 bits per heavy atom. The van der Waals surface area contributed by atoms with Crippen molar-refractivity contribution in [2.75, 3.05) is 94.3 Å². The average Bonchev–Trinajstić information content (AvgIpc) is 2.73. The summed E-state index contributed by atoms with van der Waals surface area (Å²) in [6.45, 7) is 6.52. The second-order valence-corrected chi connectivity index (χ2v) is 5.89. The van der Waals surface area contributed by atoms with Gasteiger partial charge in [0.25, 0.3) is 0 Å². The van der Waals surface area contributed by atoms with Crippen molar-refractivity contribution in [3.8, 4) is 17.2 Å². The van der Waals surface area contributed by atoms with Crippen LogP contribution in [-0.2, 0) is 18.9 Å². The molecule has 0 aromatic heterocycles. The molecule has 0 radical (unpaired) electrons. The predicted octanol–water partition coefficient (Wildman–Crippen LogP) is 1.71. The van der Waals surface area contributed by atoms with E-state index in [4.69, 9.17) is 33.2 Å². The molecular weight excluding hydrogens is 366 g/mol. The van der Waals surface area contributed by atoms with Crippen LogP contribution in [0, 0.1) is 0 Å². The summed E-state index contributed by atoms with van der Waals surface area (Å²) in [4.78, 5) is 2.25. The van der Waals surface area contributed by atoms with Gasteiger partial charge in [0.15, 0.2) is 11.5 Å². The van der Waals surface area contributed by atoms with Crippen LogP contribution in [0.5, 0.6) is 17.2 Å². The molecule has 28 heavy (non-hydrogen) atoms. The Balaban J connectivity index is 2.12. The van der Waals surface area contributed by atoms with Crippen LogP contribution in [0.15, 0.2) is 18.2 Å². The van der Waals surface area contributed by atoms with Gasteiger partial charge in [0.2, 0.25) is 5.75 Å². The second kappa shape index (κ2) is 16.4. The predicted molar refractivity (Wildman–Crippen MR) is 107 cm³/mol. The molecule has 0 N–H and O–H groups in total. The van der Waals surface area contributed by atoms with Crippen molar-refractivity contribution in [1.29, 1.82) is 0 Å². The highest BCUT2D eigenvalue weighted by Gasteiger charge is 2.10. The number of hydrogen-bond donors (Lipinski definition) is 0. The van der Waals surface area contributed by atoms with Gasteiger partial charge in [0, 0.05) is 33.9 Å². The lowest BCUT2D eigenvalue weighted by atomic mass is 10.3. The van der Waals surface area contributed by atoms with E-state index in [0.717, 1.165) is 19.6 Å². The van der Waals surface area contributed by atoms with E-state index in [0.29, 0.717) is 63.5 Å². The lowest BCUT2D eigenvalue weighted by Crippen LogP contribution is -2.33. The molecule has 0 bridgehead atoms. The molecule has 0 aliphatic carbocycles. The van der Waals surface area contributed by atoms with E-state index in [1.54, 1.807) is 28.4 Å². The van der Waals surface area contributed by atoms with E-state index in [2.05, 4.69) is 4.90 Å². The maximum atomic E-state index is 5.74. The topological polar surface area (TPSA) is 67.9 Å². The van der Waals surface area contributed by atoms with Gasteiger partial charge in [-0.15, -0.1) is 0 Å². The minimum absolute atomic E-state index is 0.401. The van der Waals surface area contributed by atoms with Crippen molar-refractivity contribution in [1.82, 2.24) is 4.90 Å². The molecule has 0 amide bonds. The molecule has 0 fully saturated rings. The highest BCUT2D eigenvalue weighted by molar-refractivity contribution is 5.51. The molecule has 0 aliphatic rings. The van der Waals surface area contributed by atoms with Crippen LogP contribution in [-0.4, -0.2) is 99.2 Å². The van der Waals surface area contributed by atoms with Crippen LogP contribution in [0.2, 0.25) is 0 Å². The summed E-state index contributed by atoms with van der Waals surface area (Å²) in [5.41, 5.74) is 0. The van der Waals surface area contributed by atoms with Crippen molar-refractivity contribution < 1.29 is 33.2 Å². The Labute approximate surface area is 168 Å². The molecule has 0 spiro atoms. The zero-order chi connectivity index (χ0) is 20.5. The minimum Gasteiger partial charge on any atom is -0.493 e. The summed E-state index contributed by atoms with van der Waals surface area (Å²) < 4.78 is 37.8. The highest BCUT2D eigenvalue weighted by Crippen LogP contribution is 2.36. The summed E-state index contributed by atoms with van der Waals surface area (Å²) in [7, 11) is 6.61. The fourth-order valence-corrected chi connectivity index (χ4v) is 2.45. The summed E-state index contributed by atoms with van der Waals surface area (Å²) in [6.07, 6.45) is 0. The van der Waals surface area contributed by atoms with Gasteiger partial charge in [0.1, 0.15) is 6.61 Å². The molecule has 0 aliphatic heterocycles. The first-order chi connectivity index (χ1) is 13.8. The third-order valence-corrected chi connectivity index (χ3v) is 4.00. The lowest BCUT2D eigenvalue weighted by Gasteiger charge is -2.21. The lowest BCUT2D eigenvalue weighted by molar-refractivity contribution is 0.0240. The molecule has 0 heterocycles. The number of methoxy groups -OCH3 is 4. The molecule has 0 atom stereocenters. The molecule has 0 unspecified atom stereocenters. The van der Waals surface area contributed by atoms with Gasteiger partial charge >= 0.3 is 0 Å². The van der Waals surface area contributed by atoms with Crippen molar-refractivity contribution in [3.05, 3.63) is 18.2 Å². The molecule has 8 nitrogen and oxygen atoms in total. The van der Waals surface area contributed by atoms with Gasteiger partial charge in [0.05, 0.1) is 53.9 Å². The van der Waals surface area contributed by atoms with Crippen molar-refractivity contribution in [3.63, 3.8) is 0 Å². The fourth-order valence-electron chi connectivity index (χ4n) is 2.45. The molecule has 0 saturated heterocycles.